The minimum absolute atomic E-state index is 0.0189. The largest absolute Gasteiger partial charge is 0.496 e. The van der Waals surface area contributed by atoms with E-state index in [-0.39, 0.29) is 12.3 Å². The van der Waals surface area contributed by atoms with E-state index in [0.717, 1.165) is 0 Å². The second-order valence-corrected chi connectivity index (χ2v) is 4.24. The van der Waals surface area contributed by atoms with Gasteiger partial charge in [-0.15, -0.1) is 0 Å². The second-order valence-electron chi connectivity index (χ2n) is 4.24. The first kappa shape index (κ1) is 13.4. The first-order valence-electron chi connectivity index (χ1n) is 5.10. The zero-order valence-corrected chi connectivity index (χ0v) is 9.84. The summed E-state index contributed by atoms with van der Waals surface area (Å²) >= 11 is 0. The van der Waals surface area contributed by atoms with Gasteiger partial charge in [0.1, 0.15) is 5.75 Å². The minimum atomic E-state index is -0.831. The van der Waals surface area contributed by atoms with Crippen molar-refractivity contribution in [1.82, 2.24) is 0 Å². The molecule has 0 aromatic heterocycles. The van der Waals surface area contributed by atoms with Gasteiger partial charge in [-0.2, -0.15) is 0 Å². The smallest absolute Gasteiger partial charge is 0.269 e. The van der Waals surface area contributed by atoms with Gasteiger partial charge in [0, 0.05) is 23.2 Å². The van der Waals surface area contributed by atoms with Crippen molar-refractivity contribution in [2.24, 2.45) is 5.73 Å². The second kappa shape index (κ2) is 5.11. The topological polar surface area (TPSA) is 98.6 Å². The summed E-state index contributed by atoms with van der Waals surface area (Å²) in [6, 6.07) is 4.32. The summed E-state index contributed by atoms with van der Waals surface area (Å²) in [6.07, 6.45) is 0.300. The van der Waals surface area contributed by atoms with E-state index in [2.05, 4.69) is 0 Å². The predicted molar refractivity (Wildman–Crippen MR) is 63.0 cm³/mol. The standard InChI is InChI=1S/C11H16N2O4/c1-11(12,7-14)6-8-5-9(13(15)16)3-4-10(8)17-2/h3-5,14H,6-7,12H2,1-2H3. The maximum absolute atomic E-state index is 10.7. The molecule has 1 atom stereocenters. The van der Waals surface area contributed by atoms with Gasteiger partial charge in [-0.1, -0.05) is 0 Å². The Morgan fingerprint density at radius 1 is 1.59 bits per heavy atom. The summed E-state index contributed by atoms with van der Waals surface area (Å²) in [6.45, 7) is 1.46. The van der Waals surface area contributed by atoms with Crippen LogP contribution in [0, 0.1) is 10.1 Å². The first-order valence-corrected chi connectivity index (χ1v) is 5.10. The molecule has 0 spiro atoms. The van der Waals surface area contributed by atoms with Crippen LogP contribution in [0.2, 0.25) is 0 Å². The van der Waals surface area contributed by atoms with Gasteiger partial charge in [0.05, 0.1) is 18.6 Å². The number of non-ortho nitro benzene ring substituents is 1. The van der Waals surface area contributed by atoms with Crippen molar-refractivity contribution in [2.75, 3.05) is 13.7 Å². The van der Waals surface area contributed by atoms with Crippen molar-refractivity contribution in [3.8, 4) is 5.75 Å². The van der Waals surface area contributed by atoms with E-state index in [1.807, 2.05) is 0 Å². The lowest BCUT2D eigenvalue weighted by molar-refractivity contribution is -0.384. The average molecular weight is 240 g/mol. The van der Waals surface area contributed by atoms with Crippen molar-refractivity contribution in [3.05, 3.63) is 33.9 Å². The predicted octanol–water partition coefficient (Wildman–Crippen LogP) is 0.856. The summed E-state index contributed by atoms with van der Waals surface area (Å²) in [5, 5.41) is 19.8. The van der Waals surface area contributed by atoms with Crippen LogP contribution in [0.1, 0.15) is 12.5 Å². The number of aliphatic hydroxyl groups is 1. The maximum Gasteiger partial charge on any atom is 0.269 e. The van der Waals surface area contributed by atoms with E-state index in [9.17, 15) is 10.1 Å². The molecule has 0 aliphatic carbocycles. The van der Waals surface area contributed by atoms with Gasteiger partial charge in [-0.25, -0.2) is 0 Å². The third-order valence-corrected chi connectivity index (χ3v) is 2.43. The summed E-state index contributed by atoms with van der Waals surface area (Å²) < 4.78 is 5.11. The number of rotatable bonds is 5. The normalized spacial score (nSPS) is 14.1. The number of nitro benzene ring substituents is 1. The van der Waals surface area contributed by atoms with Gasteiger partial charge in [-0.05, 0) is 19.4 Å². The molecule has 0 radical (unpaired) electrons. The maximum atomic E-state index is 10.7. The lowest BCUT2D eigenvalue weighted by Gasteiger charge is -2.22. The Balaban J connectivity index is 3.10. The van der Waals surface area contributed by atoms with Crippen LogP contribution in [-0.2, 0) is 6.42 Å². The molecule has 0 saturated carbocycles. The molecular formula is C11H16N2O4. The molecular weight excluding hydrogens is 224 g/mol. The van der Waals surface area contributed by atoms with Crippen LogP contribution >= 0.6 is 0 Å². The molecule has 0 bridgehead atoms. The fourth-order valence-electron chi connectivity index (χ4n) is 1.51. The Labute approximate surface area is 99.2 Å². The zero-order chi connectivity index (χ0) is 13.1. The van der Waals surface area contributed by atoms with E-state index in [1.54, 1.807) is 6.92 Å². The highest BCUT2D eigenvalue weighted by molar-refractivity contribution is 5.44. The van der Waals surface area contributed by atoms with Gasteiger partial charge in [0.2, 0.25) is 0 Å². The molecule has 0 aliphatic rings. The van der Waals surface area contributed by atoms with Crippen molar-refractivity contribution in [1.29, 1.82) is 0 Å². The Morgan fingerprint density at radius 2 is 2.24 bits per heavy atom. The number of benzene rings is 1. The van der Waals surface area contributed by atoms with Gasteiger partial charge in [0.25, 0.3) is 5.69 Å². The van der Waals surface area contributed by atoms with Crippen LogP contribution in [0.5, 0.6) is 5.75 Å². The Morgan fingerprint density at radius 3 is 2.71 bits per heavy atom. The Bertz CT molecular complexity index is 418. The van der Waals surface area contributed by atoms with Crippen molar-refractivity contribution < 1.29 is 14.8 Å². The summed E-state index contributed by atoms with van der Waals surface area (Å²) in [4.78, 5) is 10.2. The molecule has 0 saturated heterocycles. The molecule has 0 fully saturated rings. The average Bonchev–Trinajstić information content (AvgIpc) is 2.28. The highest BCUT2D eigenvalue weighted by atomic mass is 16.6. The number of nitro groups is 1. The summed E-state index contributed by atoms with van der Waals surface area (Å²) in [5.41, 5.74) is 5.58. The van der Waals surface area contributed by atoms with E-state index in [0.29, 0.717) is 17.7 Å². The van der Waals surface area contributed by atoms with Crippen molar-refractivity contribution in [2.45, 2.75) is 18.9 Å². The van der Waals surface area contributed by atoms with Gasteiger partial charge in [0.15, 0.2) is 0 Å². The van der Waals surface area contributed by atoms with Crippen LogP contribution < -0.4 is 10.5 Å². The number of nitrogens with zero attached hydrogens (tertiary/aromatic N) is 1. The quantitative estimate of drug-likeness (QED) is 0.587. The van der Waals surface area contributed by atoms with E-state index in [4.69, 9.17) is 15.6 Å². The van der Waals surface area contributed by atoms with Crippen LogP contribution in [0.15, 0.2) is 18.2 Å². The number of aliphatic hydroxyl groups excluding tert-OH is 1. The molecule has 0 heterocycles. The molecule has 94 valence electrons. The Hall–Kier alpha value is -1.66. The number of nitrogens with two attached hydrogens (primary N) is 1. The van der Waals surface area contributed by atoms with Gasteiger partial charge in [-0.3, -0.25) is 10.1 Å². The highest BCUT2D eigenvalue weighted by Gasteiger charge is 2.21. The third kappa shape index (κ3) is 3.40. The minimum Gasteiger partial charge on any atom is -0.496 e. The molecule has 0 aliphatic heterocycles. The van der Waals surface area contributed by atoms with Crippen LogP contribution in [0.4, 0.5) is 5.69 Å². The fourth-order valence-corrected chi connectivity index (χ4v) is 1.51. The lowest BCUT2D eigenvalue weighted by atomic mass is 9.94. The van der Waals surface area contributed by atoms with Crippen LogP contribution in [-0.4, -0.2) is 29.3 Å². The third-order valence-electron chi connectivity index (χ3n) is 2.43. The van der Waals surface area contributed by atoms with Gasteiger partial charge < -0.3 is 15.6 Å². The lowest BCUT2D eigenvalue weighted by Crippen LogP contribution is -2.42. The first-order chi connectivity index (χ1) is 7.89. The summed E-state index contributed by atoms with van der Waals surface area (Å²) in [7, 11) is 1.48. The molecule has 17 heavy (non-hydrogen) atoms. The highest BCUT2D eigenvalue weighted by Crippen LogP contribution is 2.26. The van der Waals surface area contributed by atoms with E-state index < -0.39 is 10.5 Å². The molecule has 1 aromatic carbocycles. The Kier molecular flexibility index (Phi) is 4.03. The molecule has 0 amide bonds. The number of ether oxygens (including phenoxy) is 1. The summed E-state index contributed by atoms with van der Waals surface area (Å²) in [5.74, 6) is 0.528. The fraction of sp³-hybridized carbons (Fsp3) is 0.455. The molecule has 1 aromatic rings. The van der Waals surface area contributed by atoms with E-state index in [1.165, 1.54) is 25.3 Å². The van der Waals surface area contributed by atoms with E-state index >= 15 is 0 Å². The number of methoxy groups -OCH3 is 1. The number of hydrogen-bond acceptors (Lipinski definition) is 5. The van der Waals surface area contributed by atoms with Gasteiger partial charge >= 0.3 is 0 Å². The SMILES string of the molecule is COc1ccc([N+](=O)[O-])cc1CC(C)(N)CO. The molecule has 6 nitrogen and oxygen atoms in total. The molecule has 3 N–H and O–H groups in total. The molecule has 1 rings (SSSR count). The van der Waals surface area contributed by atoms with Crippen molar-refractivity contribution in [3.63, 3.8) is 0 Å². The van der Waals surface area contributed by atoms with Crippen LogP contribution in [0.25, 0.3) is 0 Å². The molecule has 1 unspecified atom stereocenters. The monoisotopic (exact) mass is 240 g/mol. The number of hydrogen-bond donors (Lipinski definition) is 2. The zero-order valence-electron chi connectivity index (χ0n) is 9.84. The molecule has 6 heteroatoms. The van der Waals surface area contributed by atoms with Crippen molar-refractivity contribution >= 4 is 5.69 Å². The van der Waals surface area contributed by atoms with Crippen LogP contribution in [0.3, 0.4) is 0 Å².